The fourth-order valence-electron chi connectivity index (χ4n) is 1.97. The molecule has 0 fully saturated rings. The highest BCUT2D eigenvalue weighted by Crippen LogP contribution is 2.25. The van der Waals surface area contributed by atoms with Gasteiger partial charge in [0, 0.05) is 26.2 Å². The van der Waals surface area contributed by atoms with Crippen LogP contribution in [0.4, 0.5) is 11.4 Å². The van der Waals surface area contributed by atoms with E-state index in [4.69, 9.17) is 0 Å². The first kappa shape index (κ1) is 16.9. The van der Waals surface area contributed by atoms with Crippen LogP contribution in [0.1, 0.15) is 18.9 Å². The van der Waals surface area contributed by atoms with E-state index in [1.165, 1.54) is 6.07 Å². The van der Waals surface area contributed by atoms with Crippen molar-refractivity contribution in [1.29, 1.82) is 0 Å². The summed E-state index contributed by atoms with van der Waals surface area (Å²) in [6, 6.07) is 5.03. The maximum Gasteiger partial charge on any atom is 0.292 e. The van der Waals surface area contributed by atoms with E-state index >= 15 is 0 Å². The highest BCUT2D eigenvalue weighted by Gasteiger charge is 2.14. The van der Waals surface area contributed by atoms with Crippen molar-refractivity contribution in [3.05, 3.63) is 33.9 Å². The van der Waals surface area contributed by atoms with Crippen LogP contribution in [0.3, 0.4) is 0 Å². The van der Waals surface area contributed by atoms with Crippen molar-refractivity contribution in [2.24, 2.45) is 0 Å². The summed E-state index contributed by atoms with van der Waals surface area (Å²) in [6.45, 7) is 3.40. The van der Waals surface area contributed by atoms with Crippen molar-refractivity contribution in [2.75, 3.05) is 32.5 Å². The quantitative estimate of drug-likeness (QED) is 0.561. The summed E-state index contributed by atoms with van der Waals surface area (Å²) < 4.78 is 0. The van der Waals surface area contributed by atoms with Crippen molar-refractivity contribution in [3.8, 4) is 0 Å². The normalized spacial score (nSPS) is 10.5. The summed E-state index contributed by atoms with van der Waals surface area (Å²) in [5.41, 5.74) is 1.32. The second-order valence-electron chi connectivity index (χ2n) is 4.88. The standard InChI is InChI=1S/C14H22N4O3/c1-4-7-16-14(19)10-17(3)9-11-5-6-12(15-2)13(8-11)18(20)21/h5-6,8,15H,4,7,9-10H2,1-3H3,(H,16,19). The van der Waals surface area contributed by atoms with Crippen LogP contribution in [-0.2, 0) is 11.3 Å². The van der Waals surface area contributed by atoms with Gasteiger partial charge < -0.3 is 10.6 Å². The van der Waals surface area contributed by atoms with Gasteiger partial charge in [0.25, 0.3) is 5.69 Å². The Morgan fingerprint density at radius 1 is 1.43 bits per heavy atom. The first-order chi connectivity index (χ1) is 9.97. The molecule has 0 saturated carbocycles. The molecule has 2 N–H and O–H groups in total. The van der Waals surface area contributed by atoms with Gasteiger partial charge in [-0.15, -0.1) is 0 Å². The van der Waals surface area contributed by atoms with Gasteiger partial charge in [-0.3, -0.25) is 19.8 Å². The number of hydrogen-bond donors (Lipinski definition) is 2. The fraction of sp³-hybridized carbons (Fsp3) is 0.500. The molecule has 1 aromatic carbocycles. The SMILES string of the molecule is CCCNC(=O)CN(C)Cc1ccc(NC)c([N+](=O)[O-])c1. The molecular formula is C14H22N4O3. The van der Waals surface area contributed by atoms with Crippen molar-refractivity contribution in [3.63, 3.8) is 0 Å². The van der Waals surface area contributed by atoms with E-state index in [0.717, 1.165) is 12.0 Å². The Morgan fingerprint density at radius 2 is 2.14 bits per heavy atom. The van der Waals surface area contributed by atoms with Gasteiger partial charge in [0.1, 0.15) is 5.69 Å². The number of nitro benzene ring substituents is 1. The van der Waals surface area contributed by atoms with E-state index in [-0.39, 0.29) is 18.1 Å². The van der Waals surface area contributed by atoms with E-state index in [0.29, 0.717) is 18.8 Å². The maximum atomic E-state index is 11.6. The maximum absolute atomic E-state index is 11.6. The molecule has 1 amide bonds. The Kier molecular flexibility index (Phi) is 6.61. The molecule has 0 saturated heterocycles. The lowest BCUT2D eigenvalue weighted by atomic mass is 10.1. The number of amides is 1. The fourth-order valence-corrected chi connectivity index (χ4v) is 1.97. The third-order valence-corrected chi connectivity index (χ3v) is 2.97. The number of carbonyl (C=O) groups is 1. The number of benzene rings is 1. The molecule has 0 heterocycles. The molecule has 0 unspecified atom stereocenters. The lowest BCUT2D eigenvalue weighted by Gasteiger charge is -2.16. The molecule has 1 aromatic rings. The molecule has 7 nitrogen and oxygen atoms in total. The lowest BCUT2D eigenvalue weighted by Crippen LogP contribution is -2.35. The Balaban J connectivity index is 2.68. The molecule has 7 heteroatoms. The van der Waals surface area contributed by atoms with Crippen LogP contribution >= 0.6 is 0 Å². The molecule has 0 aliphatic rings. The zero-order chi connectivity index (χ0) is 15.8. The first-order valence-electron chi connectivity index (χ1n) is 6.88. The van der Waals surface area contributed by atoms with Crippen molar-refractivity contribution in [2.45, 2.75) is 19.9 Å². The molecule has 0 aromatic heterocycles. The third-order valence-electron chi connectivity index (χ3n) is 2.97. The summed E-state index contributed by atoms with van der Waals surface area (Å²) in [5.74, 6) is -0.0410. The molecule has 0 atom stereocenters. The molecule has 0 bridgehead atoms. The van der Waals surface area contributed by atoms with E-state index in [1.54, 1.807) is 13.1 Å². The van der Waals surface area contributed by atoms with Crippen LogP contribution in [-0.4, -0.2) is 42.9 Å². The number of likely N-dealkylation sites (N-methyl/N-ethyl adjacent to an activating group) is 1. The highest BCUT2D eigenvalue weighted by atomic mass is 16.6. The van der Waals surface area contributed by atoms with Gasteiger partial charge >= 0.3 is 0 Å². The predicted molar refractivity (Wildman–Crippen MR) is 82.3 cm³/mol. The molecule has 0 aliphatic carbocycles. The lowest BCUT2D eigenvalue weighted by molar-refractivity contribution is -0.384. The Bertz CT molecular complexity index is 505. The second kappa shape index (κ2) is 8.21. The topological polar surface area (TPSA) is 87.5 Å². The molecule has 21 heavy (non-hydrogen) atoms. The van der Waals surface area contributed by atoms with Crippen LogP contribution in [0.25, 0.3) is 0 Å². The molecule has 0 spiro atoms. The van der Waals surface area contributed by atoms with E-state index in [2.05, 4.69) is 10.6 Å². The summed E-state index contributed by atoms with van der Waals surface area (Å²) in [6.07, 6.45) is 0.896. The van der Waals surface area contributed by atoms with E-state index < -0.39 is 4.92 Å². The van der Waals surface area contributed by atoms with Crippen molar-refractivity contribution >= 4 is 17.3 Å². The number of hydrogen-bond acceptors (Lipinski definition) is 5. The number of nitrogens with zero attached hydrogens (tertiary/aromatic N) is 2. The highest BCUT2D eigenvalue weighted by molar-refractivity contribution is 5.77. The van der Waals surface area contributed by atoms with Crippen LogP contribution in [0.2, 0.25) is 0 Å². The molecule has 116 valence electrons. The Morgan fingerprint density at radius 3 is 2.71 bits per heavy atom. The third kappa shape index (κ3) is 5.39. The number of carbonyl (C=O) groups excluding carboxylic acids is 1. The smallest absolute Gasteiger partial charge is 0.292 e. The largest absolute Gasteiger partial charge is 0.383 e. The van der Waals surface area contributed by atoms with Gasteiger partial charge in [0.05, 0.1) is 11.5 Å². The average molecular weight is 294 g/mol. The Labute approximate surface area is 124 Å². The zero-order valence-corrected chi connectivity index (χ0v) is 12.7. The van der Waals surface area contributed by atoms with Gasteiger partial charge in [0.2, 0.25) is 5.91 Å². The first-order valence-corrected chi connectivity index (χ1v) is 6.88. The number of nitrogens with one attached hydrogen (secondary N) is 2. The second-order valence-corrected chi connectivity index (χ2v) is 4.88. The average Bonchev–Trinajstić information content (AvgIpc) is 2.44. The van der Waals surface area contributed by atoms with Crippen LogP contribution < -0.4 is 10.6 Å². The number of nitro groups is 1. The van der Waals surface area contributed by atoms with Gasteiger partial charge in [-0.1, -0.05) is 13.0 Å². The summed E-state index contributed by atoms with van der Waals surface area (Å²) >= 11 is 0. The van der Waals surface area contributed by atoms with Crippen LogP contribution in [0, 0.1) is 10.1 Å². The summed E-state index contributed by atoms with van der Waals surface area (Å²) in [7, 11) is 3.45. The molecule has 0 radical (unpaired) electrons. The monoisotopic (exact) mass is 294 g/mol. The summed E-state index contributed by atoms with van der Waals surface area (Å²) in [4.78, 5) is 24.0. The van der Waals surface area contributed by atoms with Gasteiger partial charge in [-0.05, 0) is 25.1 Å². The minimum Gasteiger partial charge on any atom is -0.383 e. The Hall–Kier alpha value is -2.15. The van der Waals surface area contributed by atoms with Gasteiger partial charge in [-0.2, -0.15) is 0 Å². The molecule has 0 aliphatic heterocycles. The number of anilines is 1. The minimum atomic E-state index is -0.413. The minimum absolute atomic E-state index is 0.0406. The van der Waals surface area contributed by atoms with Gasteiger partial charge in [-0.25, -0.2) is 0 Å². The van der Waals surface area contributed by atoms with Crippen LogP contribution in [0.5, 0.6) is 0 Å². The molecule has 1 rings (SSSR count). The van der Waals surface area contributed by atoms with E-state index in [9.17, 15) is 14.9 Å². The number of rotatable bonds is 8. The zero-order valence-electron chi connectivity index (χ0n) is 12.7. The van der Waals surface area contributed by atoms with Crippen molar-refractivity contribution in [1.82, 2.24) is 10.2 Å². The van der Waals surface area contributed by atoms with Crippen LogP contribution in [0.15, 0.2) is 18.2 Å². The molecular weight excluding hydrogens is 272 g/mol. The summed E-state index contributed by atoms with van der Waals surface area (Å²) in [5, 5.41) is 16.6. The van der Waals surface area contributed by atoms with Crippen molar-refractivity contribution < 1.29 is 9.72 Å². The predicted octanol–water partition coefficient (Wildman–Crippen LogP) is 1.59. The van der Waals surface area contributed by atoms with Gasteiger partial charge in [0.15, 0.2) is 0 Å². The van der Waals surface area contributed by atoms with E-state index in [1.807, 2.05) is 24.9 Å².